The van der Waals surface area contributed by atoms with Gasteiger partial charge in [0.25, 0.3) is 0 Å². The largest absolute Gasteiger partial charge is 0.356 e. The van der Waals surface area contributed by atoms with E-state index in [4.69, 9.17) is 5.73 Å². The zero-order valence-corrected chi connectivity index (χ0v) is 13.3. The van der Waals surface area contributed by atoms with Crippen molar-refractivity contribution in [3.05, 3.63) is 11.3 Å². The maximum absolute atomic E-state index is 11.7. The quantitative estimate of drug-likeness (QED) is 0.865. The van der Waals surface area contributed by atoms with Crippen molar-refractivity contribution in [1.29, 1.82) is 0 Å². The number of aromatic nitrogens is 2. The van der Waals surface area contributed by atoms with Gasteiger partial charge < -0.3 is 10.6 Å². The molecule has 1 aromatic heterocycles. The lowest BCUT2D eigenvalue weighted by molar-refractivity contribution is 0.597. The number of rotatable bonds is 3. The average Bonchev–Trinajstić information content (AvgIpc) is 2.48. The predicted molar refractivity (Wildman–Crippen MR) is 80.8 cm³/mol. The van der Waals surface area contributed by atoms with Gasteiger partial charge in [-0.3, -0.25) is 4.68 Å². The van der Waals surface area contributed by atoms with Crippen molar-refractivity contribution in [3.8, 4) is 0 Å². The first-order valence-corrected chi connectivity index (χ1v) is 8.86. The molecule has 1 atom stereocenters. The normalized spacial score (nSPS) is 20.7. The smallest absolute Gasteiger partial charge is 0.152 e. The van der Waals surface area contributed by atoms with Gasteiger partial charge in [-0.25, -0.2) is 8.42 Å². The van der Waals surface area contributed by atoms with Crippen LogP contribution < -0.4 is 10.6 Å². The van der Waals surface area contributed by atoms with Crippen LogP contribution in [0.2, 0.25) is 0 Å². The minimum Gasteiger partial charge on any atom is -0.356 e. The number of nitrogens with zero attached hydrogens (tertiary/aromatic N) is 3. The first-order chi connectivity index (χ1) is 9.30. The van der Waals surface area contributed by atoms with Crippen molar-refractivity contribution in [1.82, 2.24) is 9.78 Å². The lowest BCUT2D eigenvalue weighted by Gasteiger charge is -2.24. The molecule has 1 aliphatic rings. The van der Waals surface area contributed by atoms with Gasteiger partial charge in [0, 0.05) is 31.7 Å². The molecule has 1 fully saturated rings. The molecule has 0 amide bonds. The monoisotopic (exact) mass is 300 g/mol. The minimum atomic E-state index is -2.90. The molecule has 2 heterocycles. The van der Waals surface area contributed by atoms with Gasteiger partial charge in [0.2, 0.25) is 0 Å². The van der Waals surface area contributed by atoms with Gasteiger partial charge in [-0.15, -0.1) is 0 Å². The van der Waals surface area contributed by atoms with Crippen molar-refractivity contribution in [2.75, 3.05) is 29.5 Å². The third-order valence-electron chi connectivity index (χ3n) is 3.69. The van der Waals surface area contributed by atoms with Gasteiger partial charge in [0.15, 0.2) is 9.84 Å². The van der Waals surface area contributed by atoms with Crippen LogP contribution in [0.15, 0.2) is 0 Å². The minimum absolute atomic E-state index is 0.0624. The standard InChI is InChI=1S/C13H24N4O2S/c1-10(14)9-12-11(2)15-16(3)13(12)17-5-4-7-20(18,19)8-6-17/h10H,4-9,14H2,1-3H3. The van der Waals surface area contributed by atoms with E-state index in [1.54, 1.807) is 0 Å². The van der Waals surface area contributed by atoms with Crippen LogP contribution in [0.1, 0.15) is 24.6 Å². The number of hydrogen-bond acceptors (Lipinski definition) is 5. The number of aryl methyl sites for hydroxylation is 2. The van der Waals surface area contributed by atoms with E-state index in [-0.39, 0.29) is 17.5 Å². The predicted octanol–water partition coefficient (Wildman–Crippen LogP) is 0.243. The van der Waals surface area contributed by atoms with Gasteiger partial charge in [-0.1, -0.05) is 0 Å². The number of hydrogen-bond donors (Lipinski definition) is 1. The molecule has 1 aromatic rings. The molecular weight excluding hydrogens is 276 g/mol. The maximum Gasteiger partial charge on any atom is 0.152 e. The Morgan fingerprint density at radius 2 is 2.05 bits per heavy atom. The van der Waals surface area contributed by atoms with Crippen molar-refractivity contribution < 1.29 is 8.42 Å². The second-order valence-electron chi connectivity index (χ2n) is 5.69. The molecule has 1 saturated heterocycles. The van der Waals surface area contributed by atoms with Crippen LogP contribution in [0.4, 0.5) is 5.82 Å². The molecule has 7 heteroatoms. The summed E-state index contributed by atoms with van der Waals surface area (Å²) in [5, 5.41) is 4.48. The molecule has 2 rings (SSSR count). The van der Waals surface area contributed by atoms with Crippen molar-refractivity contribution in [2.45, 2.75) is 32.7 Å². The Balaban J connectivity index is 2.32. The molecule has 0 spiro atoms. The van der Waals surface area contributed by atoms with Crippen molar-refractivity contribution >= 4 is 15.7 Å². The topological polar surface area (TPSA) is 81.2 Å². The molecule has 114 valence electrons. The Labute approximate surface area is 120 Å². The summed E-state index contributed by atoms with van der Waals surface area (Å²) in [5.74, 6) is 1.52. The lowest BCUT2D eigenvalue weighted by Crippen LogP contribution is -2.30. The third kappa shape index (κ3) is 3.32. The molecule has 2 N–H and O–H groups in total. The Morgan fingerprint density at radius 1 is 1.35 bits per heavy atom. The van der Waals surface area contributed by atoms with E-state index in [9.17, 15) is 8.42 Å². The summed E-state index contributed by atoms with van der Waals surface area (Å²) < 4.78 is 25.3. The van der Waals surface area contributed by atoms with Gasteiger partial charge >= 0.3 is 0 Å². The Kier molecular flexibility index (Phi) is 4.39. The van der Waals surface area contributed by atoms with Crippen LogP contribution >= 0.6 is 0 Å². The molecule has 1 aliphatic heterocycles. The second-order valence-corrected chi connectivity index (χ2v) is 7.99. The second kappa shape index (κ2) is 5.73. The summed E-state index contributed by atoms with van der Waals surface area (Å²) in [7, 11) is -0.989. The van der Waals surface area contributed by atoms with E-state index in [0.717, 1.165) is 30.0 Å². The van der Waals surface area contributed by atoms with Crippen LogP contribution in [0, 0.1) is 6.92 Å². The molecule has 0 saturated carbocycles. The van der Waals surface area contributed by atoms with E-state index >= 15 is 0 Å². The highest BCUT2D eigenvalue weighted by Gasteiger charge is 2.24. The summed E-state index contributed by atoms with van der Waals surface area (Å²) >= 11 is 0. The Morgan fingerprint density at radius 3 is 2.70 bits per heavy atom. The Hall–Kier alpha value is -1.08. The highest BCUT2D eigenvalue weighted by molar-refractivity contribution is 7.91. The lowest BCUT2D eigenvalue weighted by atomic mass is 10.1. The summed E-state index contributed by atoms with van der Waals surface area (Å²) in [6.45, 7) is 5.25. The summed E-state index contributed by atoms with van der Waals surface area (Å²) in [6, 6.07) is 0.0624. The van der Waals surface area contributed by atoms with E-state index in [1.165, 1.54) is 0 Å². The van der Waals surface area contributed by atoms with E-state index in [1.807, 2.05) is 25.6 Å². The van der Waals surface area contributed by atoms with Crippen LogP contribution in [-0.2, 0) is 23.3 Å². The van der Waals surface area contributed by atoms with Gasteiger partial charge in [-0.05, 0) is 26.7 Å². The van der Waals surface area contributed by atoms with Crippen LogP contribution in [0.25, 0.3) is 0 Å². The molecule has 6 nitrogen and oxygen atoms in total. The first-order valence-electron chi connectivity index (χ1n) is 7.03. The zero-order chi connectivity index (χ0) is 14.9. The Bertz CT molecular complexity index is 577. The molecule has 0 bridgehead atoms. The summed E-state index contributed by atoms with van der Waals surface area (Å²) in [6.07, 6.45) is 1.43. The summed E-state index contributed by atoms with van der Waals surface area (Å²) in [4.78, 5) is 2.14. The fourth-order valence-electron chi connectivity index (χ4n) is 2.80. The van der Waals surface area contributed by atoms with E-state index in [2.05, 4.69) is 10.00 Å². The zero-order valence-electron chi connectivity index (χ0n) is 12.5. The summed E-state index contributed by atoms with van der Waals surface area (Å²) in [5.41, 5.74) is 8.04. The van der Waals surface area contributed by atoms with Crippen LogP contribution in [-0.4, -0.2) is 48.8 Å². The highest BCUT2D eigenvalue weighted by Crippen LogP contribution is 2.25. The van der Waals surface area contributed by atoms with Crippen molar-refractivity contribution in [3.63, 3.8) is 0 Å². The molecule has 1 unspecified atom stereocenters. The number of nitrogens with two attached hydrogens (primary N) is 1. The van der Waals surface area contributed by atoms with Crippen molar-refractivity contribution in [2.24, 2.45) is 12.8 Å². The third-order valence-corrected chi connectivity index (χ3v) is 5.41. The molecule has 20 heavy (non-hydrogen) atoms. The SMILES string of the molecule is Cc1nn(C)c(N2CCCS(=O)(=O)CC2)c1CC(C)N. The molecule has 0 aromatic carbocycles. The molecule has 0 radical (unpaired) electrons. The molecule has 0 aliphatic carbocycles. The number of sulfone groups is 1. The van der Waals surface area contributed by atoms with Gasteiger partial charge in [0.1, 0.15) is 5.82 Å². The van der Waals surface area contributed by atoms with Gasteiger partial charge in [0.05, 0.1) is 17.2 Å². The van der Waals surface area contributed by atoms with Crippen LogP contribution in [0.3, 0.4) is 0 Å². The first kappa shape index (κ1) is 15.3. The van der Waals surface area contributed by atoms with Gasteiger partial charge in [-0.2, -0.15) is 5.10 Å². The average molecular weight is 300 g/mol. The number of anilines is 1. The highest BCUT2D eigenvalue weighted by atomic mass is 32.2. The fraction of sp³-hybridized carbons (Fsp3) is 0.769. The molecular formula is C13H24N4O2S. The maximum atomic E-state index is 11.7. The fourth-order valence-corrected chi connectivity index (χ4v) is 4.07. The van der Waals surface area contributed by atoms with E-state index in [0.29, 0.717) is 13.0 Å². The van der Waals surface area contributed by atoms with Crippen LogP contribution in [0.5, 0.6) is 0 Å². The van der Waals surface area contributed by atoms with E-state index < -0.39 is 9.84 Å².